The summed E-state index contributed by atoms with van der Waals surface area (Å²) in [6.07, 6.45) is 7.30. The van der Waals surface area contributed by atoms with Crippen LogP contribution in [-0.4, -0.2) is 19.0 Å². The number of ether oxygens (including phenoxy) is 2. The fourth-order valence-electron chi connectivity index (χ4n) is 2.65. The molecular weight excluding hydrogens is 164 g/mol. The van der Waals surface area contributed by atoms with Crippen molar-refractivity contribution in [2.45, 2.75) is 51.2 Å². The van der Waals surface area contributed by atoms with Gasteiger partial charge in [-0.25, -0.2) is 0 Å². The summed E-state index contributed by atoms with van der Waals surface area (Å²) >= 11 is 0. The Kier molecular flexibility index (Phi) is 2.89. The summed E-state index contributed by atoms with van der Waals surface area (Å²) in [4.78, 5) is 0. The van der Waals surface area contributed by atoms with Gasteiger partial charge >= 0.3 is 0 Å². The summed E-state index contributed by atoms with van der Waals surface area (Å²) in [6.45, 7) is 4.05. The average molecular weight is 184 g/mol. The van der Waals surface area contributed by atoms with Gasteiger partial charge in [-0.1, -0.05) is 6.92 Å². The normalized spacial score (nSPS) is 40.8. The first kappa shape index (κ1) is 9.47. The molecule has 0 amide bonds. The van der Waals surface area contributed by atoms with E-state index in [9.17, 15) is 0 Å². The van der Waals surface area contributed by atoms with Gasteiger partial charge in [-0.3, -0.25) is 0 Å². The smallest absolute Gasteiger partial charge is 0.171 e. The third kappa shape index (κ3) is 1.75. The lowest BCUT2D eigenvalue weighted by Crippen LogP contribution is -2.48. The Balaban J connectivity index is 2.06. The molecule has 13 heavy (non-hydrogen) atoms. The summed E-state index contributed by atoms with van der Waals surface area (Å²) in [7, 11) is 0. The second-order valence-electron chi connectivity index (χ2n) is 4.21. The maximum absolute atomic E-state index is 5.89. The largest absolute Gasteiger partial charge is 0.350 e. The molecule has 2 nitrogen and oxygen atoms in total. The highest BCUT2D eigenvalue weighted by Crippen LogP contribution is 2.40. The summed E-state index contributed by atoms with van der Waals surface area (Å²) < 4.78 is 11.8. The highest BCUT2D eigenvalue weighted by molar-refractivity contribution is 4.84. The van der Waals surface area contributed by atoms with Crippen LogP contribution < -0.4 is 0 Å². The highest BCUT2D eigenvalue weighted by Gasteiger charge is 2.43. The lowest BCUT2D eigenvalue weighted by molar-refractivity contribution is -0.300. The SMILES string of the molecule is CC[C@@H]1CCCO[C@@]12CCCCO2. The minimum absolute atomic E-state index is 0.175. The summed E-state index contributed by atoms with van der Waals surface area (Å²) in [6, 6.07) is 0. The van der Waals surface area contributed by atoms with Crippen LogP contribution in [0.5, 0.6) is 0 Å². The van der Waals surface area contributed by atoms with Crippen molar-refractivity contribution in [3.8, 4) is 0 Å². The molecule has 2 aliphatic rings. The Morgan fingerprint density at radius 1 is 1.15 bits per heavy atom. The molecule has 76 valence electrons. The quantitative estimate of drug-likeness (QED) is 0.624. The molecule has 0 saturated carbocycles. The van der Waals surface area contributed by atoms with Crippen molar-refractivity contribution in [1.82, 2.24) is 0 Å². The lowest BCUT2D eigenvalue weighted by atomic mass is 9.84. The maximum Gasteiger partial charge on any atom is 0.171 e. The van der Waals surface area contributed by atoms with Gasteiger partial charge in [-0.15, -0.1) is 0 Å². The molecule has 2 heterocycles. The van der Waals surface area contributed by atoms with Gasteiger partial charge in [-0.2, -0.15) is 0 Å². The topological polar surface area (TPSA) is 18.5 Å². The van der Waals surface area contributed by atoms with Crippen molar-refractivity contribution in [3.05, 3.63) is 0 Å². The van der Waals surface area contributed by atoms with Crippen molar-refractivity contribution in [3.63, 3.8) is 0 Å². The van der Waals surface area contributed by atoms with E-state index < -0.39 is 0 Å². The summed E-state index contributed by atoms with van der Waals surface area (Å²) in [5.41, 5.74) is 0. The van der Waals surface area contributed by atoms with Gasteiger partial charge in [0.1, 0.15) is 0 Å². The Morgan fingerprint density at radius 2 is 1.92 bits per heavy atom. The zero-order valence-corrected chi connectivity index (χ0v) is 8.55. The first-order chi connectivity index (χ1) is 6.37. The molecule has 2 aliphatic heterocycles. The van der Waals surface area contributed by atoms with E-state index >= 15 is 0 Å². The molecule has 2 atom stereocenters. The van der Waals surface area contributed by atoms with Crippen molar-refractivity contribution in [1.29, 1.82) is 0 Å². The predicted molar refractivity (Wildman–Crippen MR) is 51.5 cm³/mol. The molecule has 0 aliphatic carbocycles. The van der Waals surface area contributed by atoms with Crippen LogP contribution in [0.15, 0.2) is 0 Å². The van der Waals surface area contributed by atoms with E-state index in [1.165, 1.54) is 32.1 Å². The van der Waals surface area contributed by atoms with Crippen molar-refractivity contribution < 1.29 is 9.47 Å². The summed E-state index contributed by atoms with van der Waals surface area (Å²) in [5.74, 6) is 0.465. The molecule has 0 N–H and O–H groups in total. The van der Waals surface area contributed by atoms with Gasteiger partial charge in [0, 0.05) is 12.3 Å². The van der Waals surface area contributed by atoms with Crippen LogP contribution in [0.1, 0.15) is 45.4 Å². The van der Waals surface area contributed by atoms with E-state index in [0.717, 1.165) is 19.6 Å². The van der Waals surface area contributed by atoms with E-state index in [2.05, 4.69) is 6.92 Å². The molecule has 2 saturated heterocycles. The molecule has 1 spiro atoms. The van der Waals surface area contributed by atoms with E-state index in [4.69, 9.17) is 9.47 Å². The molecule has 0 radical (unpaired) electrons. The lowest BCUT2D eigenvalue weighted by Gasteiger charge is -2.45. The standard InChI is InChI=1S/C11H20O2/c1-2-10-6-5-9-13-11(10)7-3-4-8-12-11/h10H,2-9H2,1H3/t10-,11+/m1/s1. The minimum atomic E-state index is -0.175. The van der Waals surface area contributed by atoms with Crippen molar-refractivity contribution >= 4 is 0 Å². The first-order valence-electron chi connectivity index (χ1n) is 5.65. The molecule has 2 heteroatoms. The van der Waals surface area contributed by atoms with Gasteiger partial charge in [-0.05, 0) is 32.1 Å². The van der Waals surface area contributed by atoms with Crippen LogP contribution in [0.4, 0.5) is 0 Å². The monoisotopic (exact) mass is 184 g/mol. The van der Waals surface area contributed by atoms with Crippen LogP contribution in [0, 0.1) is 5.92 Å². The van der Waals surface area contributed by atoms with Gasteiger partial charge in [0.05, 0.1) is 13.2 Å². The molecule has 0 bridgehead atoms. The second kappa shape index (κ2) is 3.97. The van der Waals surface area contributed by atoms with Gasteiger partial charge < -0.3 is 9.47 Å². The first-order valence-corrected chi connectivity index (χ1v) is 5.65. The van der Waals surface area contributed by atoms with Crippen molar-refractivity contribution in [2.75, 3.05) is 13.2 Å². The average Bonchev–Trinajstić information content (AvgIpc) is 2.20. The van der Waals surface area contributed by atoms with Crippen LogP contribution in [0.2, 0.25) is 0 Å². The molecule has 0 aromatic heterocycles. The molecule has 2 fully saturated rings. The Labute approximate surface area is 80.6 Å². The Bertz CT molecular complexity index is 153. The Hall–Kier alpha value is -0.0800. The zero-order valence-electron chi connectivity index (χ0n) is 8.55. The third-order valence-electron chi connectivity index (χ3n) is 3.42. The molecular formula is C11H20O2. The van der Waals surface area contributed by atoms with E-state index in [-0.39, 0.29) is 5.79 Å². The molecule has 0 aromatic carbocycles. The second-order valence-corrected chi connectivity index (χ2v) is 4.21. The van der Waals surface area contributed by atoms with Gasteiger partial charge in [0.2, 0.25) is 0 Å². The third-order valence-corrected chi connectivity index (χ3v) is 3.42. The van der Waals surface area contributed by atoms with Crippen molar-refractivity contribution in [2.24, 2.45) is 5.92 Å². The van der Waals surface area contributed by atoms with Crippen LogP contribution in [-0.2, 0) is 9.47 Å². The fraction of sp³-hybridized carbons (Fsp3) is 1.00. The van der Waals surface area contributed by atoms with E-state index in [0.29, 0.717) is 5.92 Å². The minimum Gasteiger partial charge on any atom is -0.350 e. The summed E-state index contributed by atoms with van der Waals surface area (Å²) in [5, 5.41) is 0. The Morgan fingerprint density at radius 3 is 2.54 bits per heavy atom. The number of hydrogen-bond acceptors (Lipinski definition) is 2. The maximum atomic E-state index is 5.89. The van der Waals surface area contributed by atoms with Crippen LogP contribution in [0.25, 0.3) is 0 Å². The molecule has 2 rings (SSSR count). The van der Waals surface area contributed by atoms with E-state index in [1.807, 2.05) is 0 Å². The zero-order chi connectivity index (χ0) is 9.15. The molecule has 0 aromatic rings. The molecule has 0 unspecified atom stereocenters. The highest BCUT2D eigenvalue weighted by atomic mass is 16.7. The predicted octanol–water partition coefficient (Wildman–Crippen LogP) is 2.72. The van der Waals surface area contributed by atoms with E-state index in [1.54, 1.807) is 0 Å². The van der Waals surface area contributed by atoms with Crippen LogP contribution in [0.3, 0.4) is 0 Å². The van der Waals surface area contributed by atoms with Gasteiger partial charge in [0.25, 0.3) is 0 Å². The fourth-order valence-corrected chi connectivity index (χ4v) is 2.65. The number of rotatable bonds is 1. The van der Waals surface area contributed by atoms with Crippen LogP contribution >= 0.6 is 0 Å². The van der Waals surface area contributed by atoms with Gasteiger partial charge in [0.15, 0.2) is 5.79 Å². The number of hydrogen-bond donors (Lipinski definition) is 0.